The maximum absolute atomic E-state index is 14.1. The quantitative estimate of drug-likeness (QED) is 0.438. The van der Waals surface area contributed by atoms with E-state index in [4.69, 9.17) is 5.73 Å². The van der Waals surface area contributed by atoms with Gasteiger partial charge in [-0.2, -0.15) is 12.7 Å². The van der Waals surface area contributed by atoms with E-state index in [1.165, 1.54) is 4.31 Å². The Morgan fingerprint density at radius 2 is 1.69 bits per heavy atom. The molecule has 218 valence electrons. The Morgan fingerprint density at radius 3 is 2.15 bits per heavy atom. The number of carbonyl (C=O) groups excluding carboxylic acids is 3. The van der Waals surface area contributed by atoms with Gasteiger partial charge in [0, 0.05) is 31.5 Å². The summed E-state index contributed by atoms with van der Waals surface area (Å²) >= 11 is 0. The lowest BCUT2D eigenvalue weighted by atomic mass is 9.73. The number of nitrogens with two attached hydrogens (primary N) is 1. The van der Waals surface area contributed by atoms with Gasteiger partial charge in [-0.25, -0.2) is 4.72 Å². The molecule has 0 aromatic heterocycles. The van der Waals surface area contributed by atoms with Gasteiger partial charge >= 0.3 is 10.2 Å². The fraction of sp³-hybridized carbons (Fsp3) is 0.828. The topological polar surface area (TPSA) is 130 Å². The second kappa shape index (κ2) is 8.86. The second-order valence-corrected chi connectivity index (χ2v) is 16.2. The second-order valence-electron chi connectivity index (χ2n) is 14.6. The molecule has 0 aromatic rings. The average Bonchev–Trinajstić information content (AvgIpc) is 3.30. The molecule has 9 nitrogen and oxygen atoms in total. The number of hydrogen-bond donors (Lipinski definition) is 2. The van der Waals surface area contributed by atoms with Crippen molar-refractivity contribution in [3.63, 3.8) is 0 Å². The highest BCUT2D eigenvalue weighted by molar-refractivity contribution is 7.87. The molecule has 3 aliphatic carbocycles. The van der Waals surface area contributed by atoms with E-state index in [0.29, 0.717) is 32.5 Å². The summed E-state index contributed by atoms with van der Waals surface area (Å²) in [6.07, 6.45) is 7.35. The maximum Gasteiger partial charge on any atom is 0.303 e. The number of allylic oxidation sites excluding steroid dienone is 1. The molecule has 0 radical (unpaired) electrons. The number of carbonyl (C=O) groups is 3. The van der Waals surface area contributed by atoms with Crippen molar-refractivity contribution in [2.75, 3.05) is 19.6 Å². The zero-order valence-corrected chi connectivity index (χ0v) is 25.0. The molecule has 5 fully saturated rings. The number of ketones is 1. The first-order chi connectivity index (χ1) is 18.0. The van der Waals surface area contributed by atoms with Crippen LogP contribution < -0.4 is 10.5 Å². The van der Waals surface area contributed by atoms with Gasteiger partial charge in [0.05, 0.1) is 17.5 Å². The molecule has 0 aromatic carbocycles. The van der Waals surface area contributed by atoms with Crippen LogP contribution in [-0.4, -0.2) is 66.9 Å². The molecule has 2 spiro atoms. The third-order valence-corrected chi connectivity index (χ3v) is 13.1. The van der Waals surface area contributed by atoms with Gasteiger partial charge in [-0.15, -0.1) is 6.58 Å². The van der Waals surface area contributed by atoms with Crippen LogP contribution >= 0.6 is 0 Å². The SMILES string of the molecule is C=C[C@@H]1C[C@]1(CC(=O)[C@@H]1C[C@@]2(CN1C(=O)[C@@H](N)C(C)(C)C)C(C)(C)C21CCC1)C(=O)NS(=O)(=O)N1CCCC1. The number of Topliss-reactive ketones (excluding diaryl/α,β-unsaturated/α-hetero) is 1. The Morgan fingerprint density at radius 1 is 1.08 bits per heavy atom. The molecule has 2 heterocycles. The summed E-state index contributed by atoms with van der Waals surface area (Å²) in [7, 11) is -3.97. The lowest BCUT2D eigenvalue weighted by Gasteiger charge is -2.33. The minimum atomic E-state index is -3.97. The summed E-state index contributed by atoms with van der Waals surface area (Å²) in [4.78, 5) is 43.1. The van der Waals surface area contributed by atoms with E-state index in [1.807, 2.05) is 20.8 Å². The lowest BCUT2D eigenvalue weighted by Crippen LogP contribution is -2.54. The Bertz CT molecular complexity index is 1200. The van der Waals surface area contributed by atoms with Gasteiger partial charge < -0.3 is 10.6 Å². The first-order valence-corrected chi connectivity index (χ1v) is 16.0. The molecule has 3 saturated carbocycles. The van der Waals surface area contributed by atoms with Gasteiger partial charge in [0.25, 0.3) is 0 Å². The minimum absolute atomic E-state index is 0.0136. The molecule has 3 N–H and O–H groups in total. The van der Waals surface area contributed by atoms with E-state index >= 15 is 0 Å². The molecule has 0 unspecified atom stereocenters. The van der Waals surface area contributed by atoms with E-state index in [9.17, 15) is 22.8 Å². The van der Waals surface area contributed by atoms with Gasteiger partial charge in [-0.3, -0.25) is 14.4 Å². The van der Waals surface area contributed by atoms with Crippen LogP contribution in [0, 0.1) is 33.0 Å². The van der Waals surface area contributed by atoms with Crippen molar-refractivity contribution in [1.29, 1.82) is 0 Å². The zero-order chi connectivity index (χ0) is 28.8. The number of amides is 2. The van der Waals surface area contributed by atoms with Crippen LogP contribution in [0.5, 0.6) is 0 Å². The number of likely N-dealkylation sites (tertiary alicyclic amines) is 1. The number of nitrogens with one attached hydrogen (secondary N) is 1. The van der Waals surface area contributed by atoms with Crippen LogP contribution in [0.2, 0.25) is 0 Å². The monoisotopic (exact) mass is 562 g/mol. The molecule has 5 rings (SSSR count). The normalized spacial score (nSPS) is 35.5. The number of fused-ring (bicyclic) bond motifs is 1. The first kappa shape index (κ1) is 28.7. The highest BCUT2D eigenvalue weighted by atomic mass is 32.2. The molecule has 2 aliphatic heterocycles. The van der Waals surface area contributed by atoms with E-state index in [1.54, 1.807) is 11.0 Å². The van der Waals surface area contributed by atoms with Crippen molar-refractivity contribution in [2.24, 2.45) is 38.7 Å². The Hall–Kier alpha value is -1.78. The van der Waals surface area contributed by atoms with Gasteiger partial charge in [-0.05, 0) is 60.7 Å². The predicted octanol–water partition coefficient (Wildman–Crippen LogP) is 2.77. The maximum atomic E-state index is 14.1. The molecule has 2 saturated heterocycles. The third kappa shape index (κ3) is 3.98. The molecule has 5 aliphatic rings. The van der Waals surface area contributed by atoms with Crippen LogP contribution in [0.1, 0.15) is 86.0 Å². The molecule has 0 bridgehead atoms. The zero-order valence-electron chi connectivity index (χ0n) is 24.2. The minimum Gasteiger partial charge on any atom is -0.331 e. The number of nitrogens with zero attached hydrogens (tertiary/aromatic N) is 2. The summed E-state index contributed by atoms with van der Waals surface area (Å²) < 4.78 is 29.3. The van der Waals surface area contributed by atoms with Crippen LogP contribution in [0.25, 0.3) is 0 Å². The Balaban J connectivity index is 1.40. The standard InChI is InChI=1S/C29H46N4O5S/c1-7-19-15-27(19,24(36)31-39(37,38)32-13-8-9-14-32)17-21(34)20-16-29(26(5,6)28(29)11-10-12-28)18-33(20)23(35)22(30)25(2,3)4/h7,19-20,22H,1,8-18,30H2,2-6H3,(H,31,36)/t19-,20+,22-,27-,29-/m1/s1. The van der Waals surface area contributed by atoms with Gasteiger partial charge in [-0.1, -0.05) is 47.1 Å². The fourth-order valence-electron chi connectivity index (χ4n) is 8.49. The summed E-state index contributed by atoms with van der Waals surface area (Å²) in [5.41, 5.74) is 4.83. The fourth-order valence-corrected chi connectivity index (χ4v) is 9.80. The van der Waals surface area contributed by atoms with Crippen molar-refractivity contribution in [1.82, 2.24) is 13.9 Å². The largest absolute Gasteiger partial charge is 0.331 e. The Labute approximate surface area is 233 Å². The van der Waals surface area contributed by atoms with Crippen molar-refractivity contribution in [3.8, 4) is 0 Å². The van der Waals surface area contributed by atoms with Gasteiger partial charge in [0.15, 0.2) is 5.78 Å². The van der Waals surface area contributed by atoms with Gasteiger partial charge in [0.1, 0.15) is 0 Å². The summed E-state index contributed by atoms with van der Waals surface area (Å²) in [5, 5.41) is 0. The van der Waals surface area contributed by atoms with E-state index < -0.39 is 39.0 Å². The van der Waals surface area contributed by atoms with Gasteiger partial charge in [0.2, 0.25) is 11.8 Å². The van der Waals surface area contributed by atoms with Crippen LogP contribution in [0.15, 0.2) is 12.7 Å². The summed E-state index contributed by atoms with van der Waals surface area (Å²) in [5.74, 6) is -1.34. The molecule has 2 amide bonds. The molecular formula is C29H46N4O5S. The Kier molecular flexibility index (Phi) is 6.53. The van der Waals surface area contributed by atoms with Crippen molar-refractivity contribution >= 4 is 27.8 Å². The van der Waals surface area contributed by atoms with Crippen LogP contribution in [-0.2, 0) is 24.6 Å². The highest BCUT2D eigenvalue weighted by Crippen LogP contribution is 2.88. The van der Waals surface area contributed by atoms with E-state index in [2.05, 4.69) is 25.1 Å². The molecule has 39 heavy (non-hydrogen) atoms. The lowest BCUT2D eigenvalue weighted by molar-refractivity contribution is -0.141. The smallest absolute Gasteiger partial charge is 0.303 e. The van der Waals surface area contributed by atoms with Crippen LogP contribution in [0.3, 0.4) is 0 Å². The molecule has 5 atom stereocenters. The average molecular weight is 563 g/mol. The third-order valence-electron chi connectivity index (χ3n) is 11.7. The molecular weight excluding hydrogens is 516 g/mol. The highest BCUT2D eigenvalue weighted by Gasteiger charge is 2.85. The van der Waals surface area contributed by atoms with Crippen molar-refractivity contribution < 1.29 is 22.8 Å². The van der Waals surface area contributed by atoms with E-state index in [0.717, 1.165) is 32.1 Å². The first-order valence-electron chi connectivity index (χ1n) is 14.5. The van der Waals surface area contributed by atoms with Crippen molar-refractivity contribution in [3.05, 3.63) is 12.7 Å². The van der Waals surface area contributed by atoms with E-state index in [-0.39, 0.29) is 40.3 Å². The number of hydrogen-bond acceptors (Lipinski definition) is 6. The molecule has 10 heteroatoms. The summed E-state index contributed by atoms with van der Waals surface area (Å²) in [6.45, 7) is 15.4. The van der Waals surface area contributed by atoms with Crippen LogP contribution in [0.4, 0.5) is 0 Å². The summed E-state index contributed by atoms with van der Waals surface area (Å²) in [6, 6.07) is -1.43. The van der Waals surface area contributed by atoms with Crippen molar-refractivity contribution in [2.45, 2.75) is 98.1 Å². The predicted molar refractivity (Wildman–Crippen MR) is 148 cm³/mol. The number of rotatable bonds is 8.